The van der Waals surface area contributed by atoms with Gasteiger partial charge in [-0.2, -0.15) is 0 Å². The molecule has 1 unspecified atom stereocenters. The van der Waals surface area contributed by atoms with E-state index in [-0.39, 0.29) is 0 Å². The van der Waals surface area contributed by atoms with Gasteiger partial charge in [0.2, 0.25) is 0 Å². The van der Waals surface area contributed by atoms with Crippen LogP contribution in [0.1, 0.15) is 37.8 Å². The standard InChI is InChI=1S/C18H17N3.C2H6/c1-12-11-13-7-3-4-9-15(13)17-18(21(2)20-19-17)16-10-6-5-8-14(12)16;1-2/h3-10,12H,11H2,1-2H3;1-2H3. The minimum atomic E-state index is 0.477. The molecule has 1 aliphatic carbocycles. The van der Waals surface area contributed by atoms with Crippen molar-refractivity contribution >= 4 is 0 Å². The van der Waals surface area contributed by atoms with Crippen LogP contribution in [-0.4, -0.2) is 15.0 Å². The van der Waals surface area contributed by atoms with E-state index in [1.54, 1.807) is 0 Å². The highest BCUT2D eigenvalue weighted by molar-refractivity contribution is 5.82. The van der Waals surface area contributed by atoms with Crippen molar-refractivity contribution in [3.8, 4) is 22.5 Å². The fourth-order valence-corrected chi connectivity index (χ4v) is 3.35. The number of benzene rings is 2. The van der Waals surface area contributed by atoms with Gasteiger partial charge in [0.15, 0.2) is 0 Å². The molecule has 0 radical (unpaired) electrons. The Morgan fingerprint density at radius 3 is 2.39 bits per heavy atom. The molecule has 3 heteroatoms. The Labute approximate surface area is 138 Å². The Morgan fingerprint density at radius 2 is 1.61 bits per heavy atom. The zero-order chi connectivity index (χ0) is 16.4. The SMILES string of the molecule is CC.CC1Cc2ccccc2-c2nnn(C)c2-c2ccccc21. The molecule has 0 saturated carbocycles. The summed E-state index contributed by atoms with van der Waals surface area (Å²) in [6.07, 6.45) is 1.03. The number of fused-ring (bicyclic) bond motifs is 5. The first-order valence-corrected chi connectivity index (χ1v) is 8.33. The Kier molecular flexibility index (Phi) is 4.28. The van der Waals surface area contributed by atoms with E-state index >= 15 is 0 Å². The smallest absolute Gasteiger partial charge is 0.121 e. The number of aromatic nitrogens is 3. The number of aryl methyl sites for hydroxylation is 1. The summed E-state index contributed by atoms with van der Waals surface area (Å²) in [4.78, 5) is 0. The van der Waals surface area contributed by atoms with Crippen LogP contribution in [0.15, 0.2) is 48.5 Å². The van der Waals surface area contributed by atoms with Gasteiger partial charge < -0.3 is 0 Å². The molecule has 0 N–H and O–H groups in total. The monoisotopic (exact) mass is 305 g/mol. The van der Waals surface area contributed by atoms with Crippen LogP contribution in [0, 0.1) is 0 Å². The van der Waals surface area contributed by atoms with Crippen molar-refractivity contribution in [1.82, 2.24) is 15.0 Å². The zero-order valence-electron chi connectivity index (χ0n) is 14.2. The zero-order valence-corrected chi connectivity index (χ0v) is 14.2. The molecular formula is C20H23N3. The summed E-state index contributed by atoms with van der Waals surface area (Å²) >= 11 is 0. The van der Waals surface area contributed by atoms with E-state index in [1.807, 2.05) is 25.6 Å². The summed E-state index contributed by atoms with van der Waals surface area (Å²) in [6, 6.07) is 17.2. The largest absolute Gasteiger partial charge is 0.247 e. The number of hydrogen-bond donors (Lipinski definition) is 0. The maximum atomic E-state index is 4.44. The van der Waals surface area contributed by atoms with Crippen LogP contribution >= 0.6 is 0 Å². The van der Waals surface area contributed by atoms with Gasteiger partial charge in [-0.05, 0) is 23.5 Å². The van der Waals surface area contributed by atoms with Crippen molar-refractivity contribution in [3.05, 3.63) is 59.7 Å². The first-order chi connectivity index (χ1) is 11.3. The predicted molar refractivity (Wildman–Crippen MR) is 95.3 cm³/mol. The van der Waals surface area contributed by atoms with Crippen molar-refractivity contribution in [1.29, 1.82) is 0 Å². The number of rotatable bonds is 0. The van der Waals surface area contributed by atoms with Crippen molar-refractivity contribution in [3.63, 3.8) is 0 Å². The third-order valence-electron chi connectivity index (χ3n) is 4.37. The normalized spacial score (nSPS) is 15.2. The second-order valence-corrected chi connectivity index (χ2v) is 5.76. The van der Waals surface area contributed by atoms with Crippen molar-refractivity contribution < 1.29 is 0 Å². The molecule has 4 rings (SSSR count). The van der Waals surface area contributed by atoms with Crippen molar-refractivity contribution in [2.75, 3.05) is 0 Å². The molecule has 1 aromatic heterocycles. The van der Waals surface area contributed by atoms with E-state index in [0.29, 0.717) is 5.92 Å². The van der Waals surface area contributed by atoms with Crippen LogP contribution < -0.4 is 0 Å². The quantitative estimate of drug-likeness (QED) is 0.595. The fraction of sp³-hybridized carbons (Fsp3) is 0.300. The van der Waals surface area contributed by atoms with E-state index in [0.717, 1.165) is 17.8 Å². The molecule has 1 aliphatic rings. The van der Waals surface area contributed by atoms with Crippen LogP contribution in [-0.2, 0) is 13.5 Å². The molecule has 2 aromatic carbocycles. The Balaban J connectivity index is 0.000000753. The molecule has 118 valence electrons. The molecule has 0 bridgehead atoms. The lowest BCUT2D eigenvalue weighted by Gasteiger charge is -2.22. The first kappa shape index (κ1) is 15.5. The molecule has 1 heterocycles. The third kappa shape index (κ3) is 2.56. The summed E-state index contributed by atoms with van der Waals surface area (Å²) in [5, 5.41) is 8.71. The Hall–Kier alpha value is -2.42. The van der Waals surface area contributed by atoms with Crippen LogP contribution in [0.3, 0.4) is 0 Å². The van der Waals surface area contributed by atoms with Crippen molar-refractivity contribution in [2.45, 2.75) is 33.1 Å². The van der Waals surface area contributed by atoms with E-state index in [4.69, 9.17) is 0 Å². The minimum Gasteiger partial charge on any atom is -0.247 e. The van der Waals surface area contributed by atoms with Gasteiger partial charge in [-0.15, -0.1) is 5.10 Å². The Morgan fingerprint density at radius 1 is 0.957 bits per heavy atom. The summed E-state index contributed by atoms with van der Waals surface area (Å²) in [5.41, 5.74) is 7.29. The highest BCUT2D eigenvalue weighted by atomic mass is 15.4. The Bertz CT molecular complexity index is 817. The van der Waals surface area contributed by atoms with Crippen LogP contribution in [0.25, 0.3) is 22.5 Å². The third-order valence-corrected chi connectivity index (χ3v) is 4.37. The second-order valence-electron chi connectivity index (χ2n) is 5.76. The van der Waals surface area contributed by atoms with E-state index in [2.05, 4.69) is 65.8 Å². The highest BCUT2D eigenvalue weighted by Crippen LogP contribution is 2.40. The van der Waals surface area contributed by atoms with Gasteiger partial charge in [0.1, 0.15) is 5.69 Å². The molecule has 3 nitrogen and oxygen atoms in total. The molecule has 0 amide bonds. The lowest BCUT2D eigenvalue weighted by Crippen LogP contribution is -2.07. The fourth-order valence-electron chi connectivity index (χ4n) is 3.35. The summed E-state index contributed by atoms with van der Waals surface area (Å²) in [6.45, 7) is 6.30. The van der Waals surface area contributed by atoms with Gasteiger partial charge in [-0.25, -0.2) is 4.68 Å². The van der Waals surface area contributed by atoms with Gasteiger partial charge in [-0.1, -0.05) is 74.5 Å². The first-order valence-electron chi connectivity index (χ1n) is 8.33. The van der Waals surface area contributed by atoms with Gasteiger partial charge in [0, 0.05) is 18.2 Å². The summed E-state index contributed by atoms with van der Waals surface area (Å²) in [7, 11) is 1.97. The van der Waals surface area contributed by atoms with Crippen LogP contribution in [0.5, 0.6) is 0 Å². The van der Waals surface area contributed by atoms with Gasteiger partial charge >= 0.3 is 0 Å². The lowest BCUT2D eigenvalue weighted by atomic mass is 9.83. The van der Waals surface area contributed by atoms with Crippen molar-refractivity contribution in [2.24, 2.45) is 7.05 Å². The number of nitrogens with zero attached hydrogens (tertiary/aromatic N) is 3. The maximum absolute atomic E-state index is 4.44. The van der Waals surface area contributed by atoms with Gasteiger partial charge in [0.05, 0.1) is 5.69 Å². The van der Waals surface area contributed by atoms with E-state index in [9.17, 15) is 0 Å². The lowest BCUT2D eigenvalue weighted by molar-refractivity contribution is 0.717. The minimum absolute atomic E-state index is 0.477. The molecule has 1 atom stereocenters. The van der Waals surface area contributed by atoms with E-state index in [1.165, 1.54) is 22.3 Å². The van der Waals surface area contributed by atoms with Crippen LogP contribution in [0.4, 0.5) is 0 Å². The molecule has 0 aliphatic heterocycles. The van der Waals surface area contributed by atoms with E-state index < -0.39 is 0 Å². The molecular weight excluding hydrogens is 282 g/mol. The predicted octanol–water partition coefficient (Wildman–Crippen LogP) is 4.83. The molecule has 0 saturated heterocycles. The second kappa shape index (κ2) is 6.37. The van der Waals surface area contributed by atoms with Gasteiger partial charge in [0.25, 0.3) is 0 Å². The highest BCUT2D eigenvalue weighted by Gasteiger charge is 2.24. The maximum Gasteiger partial charge on any atom is 0.121 e. The van der Waals surface area contributed by atoms with Gasteiger partial charge in [-0.3, -0.25) is 0 Å². The molecule has 0 spiro atoms. The topological polar surface area (TPSA) is 30.7 Å². The number of hydrogen-bond acceptors (Lipinski definition) is 2. The van der Waals surface area contributed by atoms with Crippen LogP contribution in [0.2, 0.25) is 0 Å². The molecule has 23 heavy (non-hydrogen) atoms. The molecule has 3 aromatic rings. The average Bonchev–Trinajstić information content (AvgIpc) is 2.97. The molecule has 0 fully saturated rings. The summed E-state index contributed by atoms with van der Waals surface area (Å²) in [5.74, 6) is 0.477. The average molecular weight is 305 g/mol. The summed E-state index contributed by atoms with van der Waals surface area (Å²) < 4.78 is 1.89.